The number of allylic oxidation sites excluding steroid dienone is 15. The summed E-state index contributed by atoms with van der Waals surface area (Å²) >= 11 is 4.24. The van der Waals surface area contributed by atoms with E-state index < -0.39 is 11.9 Å². The first-order valence-corrected chi connectivity index (χ1v) is 21.7. The lowest BCUT2D eigenvalue weighted by molar-refractivity contribution is -0.131. The summed E-state index contributed by atoms with van der Waals surface area (Å²) in [6, 6.07) is 6.65. The van der Waals surface area contributed by atoms with E-state index in [4.69, 9.17) is 10.2 Å². The van der Waals surface area contributed by atoms with E-state index in [1.165, 1.54) is 70.8 Å². The van der Waals surface area contributed by atoms with Gasteiger partial charge in [0.15, 0.2) is 0 Å². The molecule has 7 heteroatoms. The second-order valence-corrected chi connectivity index (χ2v) is 11.8. The summed E-state index contributed by atoms with van der Waals surface area (Å²) in [5.74, 6) is -1.83. The fourth-order valence-corrected chi connectivity index (χ4v) is 5.17. The molecule has 2 aliphatic carbocycles. The van der Waals surface area contributed by atoms with Crippen LogP contribution in [0.2, 0.25) is 0 Å². The van der Waals surface area contributed by atoms with Crippen LogP contribution in [0.3, 0.4) is 0 Å². The average molecular weight is 850 g/mol. The summed E-state index contributed by atoms with van der Waals surface area (Å²) in [4.78, 5) is 21.4. The molecule has 3 N–H and O–H groups in total. The van der Waals surface area contributed by atoms with Crippen molar-refractivity contribution >= 4 is 54.9 Å². The molecular formula is C39H49I2NO4. The first-order valence-electron chi connectivity index (χ1n) is 15.4. The monoisotopic (exact) mass is 849 g/mol. The zero-order valence-corrected chi connectivity index (χ0v) is 32.6. The summed E-state index contributed by atoms with van der Waals surface area (Å²) in [7, 11) is 0. The standard InChI is InChI=1S/C21H25NO2.C18H24O2.I2/c1-14(13-19-7-5-6-15(2)17(19)4)12-16(3)22-20-10-8-18(9-11-20)21(23)24;1-13(7-5-8-14(2)12-18(19)20)11-17-10-6-9-15(3)16(17)4;1-2/h8-13,22H,3,5-7H2,1-2,4H3,(H,23,24);5,7-8,11-12H,6,9-10H2,1-4H3,(H,19,20);/b14-12+,19-13+;8-5+,13-7+,14-12+,17-11+;. The molecule has 0 unspecified atom stereocenters. The Bertz CT molecular complexity index is 1500. The molecular weight excluding hydrogens is 800 g/mol. The largest absolute Gasteiger partial charge is 0.478 e. The zero-order valence-electron chi connectivity index (χ0n) is 28.3. The molecule has 0 saturated carbocycles. The third kappa shape index (κ3) is 15.6. The van der Waals surface area contributed by atoms with Gasteiger partial charge in [0, 0.05) is 54.7 Å². The molecule has 5 nitrogen and oxygen atoms in total. The normalized spacial score (nSPS) is 17.8. The summed E-state index contributed by atoms with van der Waals surface area (Å²) in [6.45, 7) is 18.8. The second-order valence-electron chi connectivity index (χ2n) is 11.8. The van der Waals surface area contributed by atoms with E-state index >= 15 is 0 Å². The van der Waals surface area contributed by atoms with E-state index in [1.807, 2.05) is 24.3 Å². The van der Waals surface area contributed by atoms with E-state index in [0.717, 1.165) is 35.4 Å². The van der Waals surface area contributed by atoms with Gasteiger partial charge in [0.1, 0.15) is 0 Å². The molecule has 0 radical (unpaired) electrons. The maximum Gasteiger partial charge on any atom is 0.335 e. The number of benzene rings is 1. The smallest absolute Gasteiger partial charge is 0.335 e. The lowest BCUT2D eigenvalue weighted by Gasteiger charge is -2.18. The summed E-state index contributed by atoms with van der Waals surface area (Å²) in [5.41, 5.74) is 13.6. The first kappa shape index (κ1) is 41.1. The SMILES string of the molecule is C=C(/C=C(C)/C=C1\CCCC(C)=C1C)Nc1ccc(C(=O)O)cc1.CC1=C(C)/C(=C/C(C)=C/C=C/C(C)=C/C(=O)O)CCC1.II. The van der Waals surface area contributed by atoms with Crippen molar-refractivity contribution in [2.24, 2.45) is 0 Å². The van der Waals surface area contributed by atoms with E-state index in [-0.39, 0.29) is 5.56 Å². The molecule has 0 aliphatic heterocycles. The van der Waals surface area contributed by atoms with Gasteiger partial charge in [-0.2, -0.15) is 0 Å². The molecule has 0 atom stereocenters. The highest BCUT2D eigenvalue weighted by Crippen LogP contribution is 2.31. The fourth-order valence-electron chi connectivity index (χ4n) is 5.17. The highest BCUT2D eigenvalue weighted by Gasteiger charge is 2.11. The number of carboxylic acids is 2. The molecule has 0 heterocycles. The fraction of sp³-hybridized carbons (Fsp3) is 0.333. The number of aliphatic carboxylic acids is 1. The van der Waals surface area contributed by atoms with Crippen LogP contribution in [0.5, 0.6) is 0 Å². The van der Waals surface area contributed by atoms with Gasteiger partial charge >= 0.3 is 11.9 Å². The van der Waals surface area contributed by atoms with Crippen LogP contribution in [0.15, 0.2) is 129 Å². The first-order chi connectivity index (χ1) is 21.8. The van der Waals surface area contributed by atoms with Crippen molar-refractivity contribution in [2.75, 3.05) is 5.32 Å². The lowest BCUT2D eigenvalue weighted by atomic mass is 9.88. The third-order valence-corrected chi connectivity index (χ3v) is 7.95. The molecule has 0 amide bonds. The zero-order chi connectivity index (χ0) is 34.8. The number of nitrogens with one attached hydrogen (secondary N) is 1. The topological polar surface area (TPSA) is 86.6 Å². The van der Waals surface area contributed by atoms with E-state index in [2.05, 4.69) is 103 Å². The molecule has 0 spiro atoms. The van der Waals surface area contributed by atoms with Crippen molar-refractivity contribution in [1.29, 1.82) is 0 Å². The number of hydrogen-bond donors (Lipinski definition) is 3. The van der Waals surface area contributed by atoms with Crippen LogP contribution < -0.4 is 5.32 Å². The molecule has 248 valence electrons. The number of carbonyl (C=O) groups is 2. The van der Waals surface area contributed by atoms with Crippen molar-refractivity contribution in [2.45, 2.75) is 87.0 Å². The molecule has 0 bridgehead atoms. The van der Waals surface area contributed by atoms with Crippen LogP contribution >= 0.6 is 37.2 Å². The van der Waals surface area contributed by atoms with Crippen LogP contribution in [0, 0.1) is 0 Å². The number of rotatable bonds is 9. The Morgan fingerprint density at radius 1 is 0.761 bits per heavy atom. The Morgan fingerprint density at radius 3 is 1.74 bits per heavy atom. The Hall–Kier alpha value is -2.92. The van der Waals surface area contributed by atoms with Crippen LogP contribution in [-0.4, -0.2) is 22.2 Å². The minimum Gasteiger partial charge on any atom is -0.478 e. The third-order valence-electron chi connectivity index (χ3n) is 7.95. The highest BCUT2D eigenvalue weighted by molar-refractivity contribution is 15.0. The minimum absolute atomic E-state index is 0.276. The highest BCUT2D eigenvalue weighted by atomic mass is 128. The Balaban J connectivity index is 0.000000444. The van der Waals surface area contributed by atoms with Crippen molar-refractivity contribution in [3.05, 3.63) is 135 Å². The second kappa shape index (κ2) is 21.8. The number of halogens is 2. The molecule has 0 aromatic heterocycles. The molecule has 1 aromatic rings. The maximum atomic E-state index is 10.9. The van der Waals surface area contributed by atoms with E-state index in [1.54, 1.807) is 31.2 Å². The predicted octanol–water partition coefficient (Wildman–Crippen LogP) is 12.4. The Kier molecular flexibility index (Phi) is 19.5. The van der Waals surface area contributed by atoms with Crippen LogP contribution in [0.4, 0.5) is 5.69 Å². The number of aromatic carboxylic acids is 1. The summed E-state index contributed by atoms with van der Waals surface area (Å²) in [6.07, 6.45) is 20.6. The van der Waals surface area contributed by atoms with Gasteiger partial charge < -0.3 is 15.5 Å². The molecule has 46 heavy (non-hydrogen) atoms. The van der Waals surface area contributed by atoms with Crippen molar-refractivity contribution < 1.29 is 19.8 Å². The van der Waals surface area contributed by atoms with E-state index in [0.29, 0.717) is 0 Å². The minimum atomic E-state index is -0.922. The van der Waals surface area contributed by atoms with Gasteiger partial charge in [-0.05, 0) is 151 Å². The van der Waals surface area contributed by atoms with Crippen LogP contribution in [-0.2, 0) is 4.79 Å². The van der Waals surface area contributed by atoms with Gasteiger partial charge in [0.25, 0.3) is 0 Å². The maximum absolute atomic E-state index is 10.9. The van der Waals surface area contributed by atoms with Crippen LogP contribution in [0.25, 0.3) is 0 Å². The van der Waals surface area contributed by atoms with Gasteiger partial charge in [0.05, 0.1) is 5.56 Å². The summed E-state index contributed by atoms with van der Waals surface area (Å²) < 4.78 is 0. The number of carboxylic acid groups (broad SMARTS) is 2. The number of anilines is 1. The van der Waals surface area contributed by atoms with Crippen molar-refractivity contribution in [3.8, 4) is 0 Å². The van der Waals surface area contributed by atoms with Gasteiger partial charge in [0.2, 0.25) is 0 Å². The summed E-state index contributed by atoms with van der Waals surface area (Å²) in [5, 5.41) is 20.7. The Labute approximate surface area is 299 Å². The van der Waals surface area contributed by atoms with Crippen LogP contribution in [0.1, 0.15) is 97.3 Å². The Morgan fingerprint density at radius 2 is 1.26 bits per heavy atom. The van der Waals surface area contributed by atoms with Crippen molar-refractivity contribution in [3.63, 3.8) is 0 Å². The van der Waals surface area contributed by atoms with E-state index in [9.17, 15) is 9.59 Å². The van der Waals surface area contributed by atoms with Crippen molar-refractivity contribution in [1.82, 2.24) is 0 Å². The molecule has 0 fully saturated rings. The molecule has 3 rings (SSSR count). The lowest BCUT2D eigenvalue weighted by Crippen LogP contribution is -2.00. The van der Waals surface area contributed by atoms with Gasteiger partial charge in [-0.1, -0.05) is 53.7 Å². The van der Waals surface area contributed by atoms with Gasteiger partial charge in [-0.3, -0.25) is 0 Å². The molecule has 0 saturated heterocycles. The number of hydrogen-bond acceptors (Lipinski definition) is 3. The molecule has 2 aliphatic rings. The molecule has 1 aromatic carbocycles. The predicted molar refractivity (Wildman–Crippen MR) is 213 cm³/mol. The van der Waals surface area contributed by atoms with Gasteiger partial charge in [-0.25, -0.2) is 9.59 Å². The average Bonchev–Trinajstić information content (AvgIpc) is 2.99. The quantitative estimate of drug-likeness (QED) is 0.131. The van der Waals surface area contributed by atoms with Gasteiger partial charge in [-0.15, -0.1) is 0 Å².